The third kappa shape index (κ3) is 6.28. The lowest BCUT2D eigenvalue weighted by atomic mass is 10.0. The van der Waals surface area contributed by atoms with Gasteiger partial charge in [0.1, 0.15) is 24.2 Å². The lowest BCUT2D eigenvalue weighted by Crippen LogP contribution is -2.27. The Labute approximate surface area is 199 Å². The number of aromatic hydroxyl groups is 1. The average molecular weight is 475 g/mol. The van der Waals surface area contributed by atoms with Crippen molar-refractivity contribution in [1.82, 2.24) is 0 Å². The molecule has 0 spiro atoms. The predicted molar refractivity (Wildman–Crippen MR) is 130 cm³/mol. The summed E-state index contributed by atoms with van der Waals surface area (Å²) in [5.41, 5.74) is 0. The smallest absolute Gasteiger partial charge is 0.135 e. The molecule has 0 saturated carbocycles. The van der Waals surface area contributed by atoms with E-state index in [1.807, 2.05) is 51.1 Å². The summed E-state index contributed by atoms with van der Waals surface area (Å²) in [5, 5.41) is 14.4. The third-order valence-electron chi connectivity index (χ3n) is 5.57. The minimum absolute atomic E-state index is 0.0157. The van der Waals surface area contributed by atoms with Crippen molar-refractivity contribution in [2.45, 2.75) is 45.2 Å². The number of benzene rings is 3. The number of halogens is 1. The molecule has 1 aliphatic heterocycles. The van der Waals surface area contributed by atoms with Crippen LogP contribution in [-0.2, 0) is 18.9 Å². The summed E-state index contributed by atoms with van der Waals surface area (Å²) in [5.74, 6) is 0.911. The fourth-order valence-corrected chi connectivity index (χ4v) is 3.80. The van der Waals surface area contributed by atoms with Gasteiger partial charge in [-0.05, 0) is 39.0 Å². The lowest BCUT2D eigenvalue weighted by Gasteiger charge is -2.21. The maximum Gasteiger partial charge on any atom is 0.135 e. The first-order chi connectivity index (χ1) is 15.9. The zero-order valence-electron chi connectivity index (χ0n) is 19.3. The van der Waals surface area contributed by atoms with Gasteiger partial charge in [0.25, 0.3) is 0 Å². The second kappa shape index (κ2) is 10.9. The number of phenolic OH excluding ortho intramolecular Hbond substituents is 1. The molecule has 4 unspecified atom stereocenters. The molecule has 7 heteroatoms. The van der Waals surface area contributed by atoms with E-state index in [0.29, 0.717) is 42.6 Å². The Morgan fingerprint density at radius 2 is 1.48 bits per heavy atom. The summed E-state index contributed by atoms with van der Waals surface area (Å²) in [6.07, 6.45) is 0.0654. The van der Waals surface area contributed by atoms with E-state index in [4.69, 9.17) is 35.3 Å². The molecule has 0 radical (unpaired) electrons. The van der Waals surface area contributed by atoms with Gasteiger partial charge in [-0.2, -0.15) is 0 Å². The maximum atomic E-state index is 10.8. The minimum Gasteiger partial charge on any atom is -0.507 e. The summed E-state index contributed by atoms with van der Waals surface area (Å²) < 4.78 is 28.8. The van der Waals surface area contributed by atoms with Crippen LogP contribution in [0.5, 0.6) is 11.5 Å². The van der Waals surface area contributed by atoms with Crippen molar-refractivity contribution in [2.24, 2.45) is 0 Å². The van der Waals surface area contributed by atoms with E-state index in [1.54, 1.807) is 12.1 Å². The van der Waals surface area contributed by atoms with E-state index in [9.17, 15) is 5.11 Å². The van der Waals surface area contributed by atoms with Crippen LogP contribution in [0, 0.1) is 0 Å². The average Bonchev–Trinajstić information content (AvgIpc) is 3.65. The normalized spacial score (nSPS) is 18.4. The quantitative estimate of drug-likeness (QED) is 0.282. The Hall–Kier alpha value is -2.09. The molecule has 33 heavy (non-hydrogen) atoms. The Bertz CT molecular complexity index is 1080. The SMILES string of the molecule is CC(COc1c2ccccc2c(O)c2cc(Cl)ccc12)OCC(C)OCC(C)OCC1CO1. The largest absolute Gasteiger partial charge is 0.507 e. The highest BCUT2D eigenvalue weighted by molar-refractivity contribution is 6.31. The van der Waals surface area contributed by atoms with E-state index in [-0.39, 0.29) is 30.2 Å². The van der Waals surface area contributed by atoms with Crippen LogP contribution < -0.4 is 4.74 Å². The Morgan fingerprint density at radius 3 is 2.18 bits per heavy atom. The van der Waals surface area contributed by atoms with Gasteiger partial charge in [0.15, 0.2) is 0 Å². The van der Waals surface area contributed by atoms with Crippen LogP contribution in [0.15, 0.2) is 42.5 Å². The number of phenols is 1. The standard InChI is InChI=1S/C26H31ClO6/c1-16(29-12-17(2)31-14-20-15-32-20)11-30-18(3)13-33-26-22-7-5-4-6-21(22)25(28)24-10-19(27)8-9-23(24)26/h4-10,16-18,20,28H,11-15H2,1-3H3. The van der Waals surface area contributed by atoms with Crippen LogP contribution in [0.25, 0.3) is 21.5 Å². The van der Waals surface area contributed by atoms with Crippen LogP contribution in [0.3, 0.4) is 0 Å². The number of hydrogen-bond acceptors (Lipinski definition) is 6. The summed E-state index contributed by atoms with van der Waals surface area (Å²) in [7, 11) is 0. The van der Waals surface area contributed by atoms with Crippen molar-refractivity contribution in [3.63, 3.8) is 0 Å². The van der Waals surface area contributed by atoms with Crippen molar-refractivity contribution < 1.29 is 28.8 Å². The van der Waals surface area contributed by atoms with Gasteiger partial charge in [-0.3, -0.25) is 0 Å². The summed E-state index contributed by atoms with van der Waals surface area (Å²) in [6, 6.07) is 13.1. The fourth-order valence-electron chi connectivity index (χ4n) is 3.62. The third-order valence-corrected chi connectivity index (χ3v) is 5.81. The van der Waals surface area contributed by atoms with E-state index < -0.39 is 0 Å². The Balaban J connectivity index is 1.33. The topological polar surface area (TPSA) is 69.7 Å². The van der Waals surface area contributed by atoms with Gasteiger partial charge in [-0.25, -0.2) is 0 Å². The molecule has 1 N–H and O–H groups in total. The molecule has 0 aromatic heterocycles. The monoisotopic (exact) mass is 474 g/mol. The molecule has 1 fully saturated rings. The van der Waals surface area contributed by atoms with Crippen LogP contribution in [0.2, 0.25) is 5.02 Å². The zero-order valence-corrected chi connectivity index (χ0v) is 20.0. The van der Waals surface area contributed by atoms with Gasteiger partial charge in [0.05, 0.1) is 44.7 Å². The number of ether oxygens (including phenoxy) is 5. The molecule has 6 nitrogen and oxygen atoms in total. The first kappa shape index (κ1) is 24.0. The van der Waals surface area contributed by atoms with E-state index >= 15 is 0 Å². The van der Waals surface area contributed by atoms with E-state index in [1.165, 1.54) is 0 Å². The van der Waals surface area contributed by atoms with Crippen molar-refractivity contribution in [2.75, 3.05) is 33.0 Å². The van der Waals surface area contributed by atoms with Gasteiger partial charge in [-0.1, -0.05) is 35.9 Å². The molecule has 0 aliphatic carbocycles. The molecular weight excluding hydrogens is 444 g/mol. The first-order valence-corrected chi connectivity index (χ1v) is 11.7. The van der Waals surface area contributed by atoms with Gasteiger partial charge in [0, 0.05) is 26.6 Å². The van der Waals surface area contributed by atoms with Crippen molar-refractivity contribution in [1.29, 1.82) is 0 Å². The summed E-state index contributed by atoms with van der Waals surface area (Å²) in [6.45, 7) is 8.68. The molecule has 1 saturated heterocycles. The number of epoxide rings is 1. The molecule has 4 atom stereocenters. The summed E-state index contributed by atoms with van der Waals surface area (Å²) in [4.78, 5) is 0. The molecule has 178 valence electrons. The van der Waals surface area contributed by atoms with E-state index in [0.717, 1.165) is 22.8 Å². The molecule has 0 bridgehead atoms. The van der Waals surface area contributed by atoms with Crippen LogP contribution in [0.1, 0.15) is 20.8 Å². The van der Waals surface area contributed by atoms with Crippen LogP contribution >= 0.6 is 11.6 Å². The highest BCUT2D eigenvalue weighted by atomic mass is 35.5. The van der Waals surface area contributed by atoms with Gasteiger partial charge in [0.2, 0.25) is 0 Å². The second-order valence-corrected chi connectivity index (χ2v) is 9.05. The van der Waals surface area contributed by atoms with Crippen molar-refractivity contribution >= 4 is 33.1 Å². The zero-order chi connectivity index (χ0) is 23.4. The van der Waals surface area contributed by atoms with Gasteiger partial charge < -0.3 is 28.8 Å². The van der Waals surface area contributed by atoms with Gasteiger partial charge in [-0.15, -0.1) is 0 Å². The number of hydrogen-bond donors (Lipinski definition) is 1. The highest BCUT2D eigenvalue weighted by Crippen LogP contribution is 2.42. The first-order valence-electron chi connectivity index (χ1n) is 11.3. The van der Waals surface area contributed by atoms with Crippen molar-refractivity contribution in [3.05, 3.63) is 47.5 Å². The molecule has 1 heterocycles. The number of rotatable bonds is 12. The number of fused-ring (bicyclic) bond motifs is 2. The highest BCUT2D eigenvalue weighted by Gasteiger charge is 2.23. The van der Waals surface area contributed by atoms with Crippen LogP contribution in [0.4, 0.5) is 0 Å². The maximum absolute atomic E-state index is 10.8. The lowest BCUT2D eigenvalue weighted by molar-refractivity contribution is -0.0740. The Kier molecular flexibility index (Phi) is 7.94. The summed E-state index contributed by atoms with van der Waals surface area (Å²) >= 11 is 6.17. The molecule has 4 rings (SSSR count). The van der Waals surface area contributed by atoms with Crippen molar-refractivity contribution in [3.8, 4) is 11.5 Å². The van der Waals surface area contributed by atoms with E-state index in [2.05, 4.69) is 0 Å². The molecule has 0 amide bonds. The second-order valence-electron chi connectivity index (χ2n) is 8.61. The minimum atomic E-state index is -0.147. The molecule has 3 aromatic carbocycles. The molecule has 1 aliphatic rings. The predicted octanol–water partition coefficient (Wildman–Crippen LogP) is 5.34. The van der Waals surface area contributed by atoms with Gasteiger partial charge >= 0.3 is 0 Å². The molecular formula is C26H31ClO6. The van der Waals surface area contributed by atoms with Crippen LogP contribution in [-0.4, -0.2) is 62.6 Å². The Morgan fingerprint density at radius 1 is 0.879 bits per heavy atom. The fraction of sp³-hybridized carbons (Fsp3) is 0.462. The molecule has 3 aromatic rings.